The first-order valence-corrected chi connectivity index (χ1v) is 7.46. The predicted molar refractivity (Wildman–Crippen MR) is 81.4 cm³/mol. The molecule has 1 aliphatic carbocycles. The van der Waals surface area contributed by atoms with Gasteiger partial charge in [0.15, 0.2) is 0 Å². The fourth-order valence-electron chi connectivity index (χ4n) is 1.92. The molecule has 0 atom stereocenters. The first-order chi connectivity index (χ1) is 9.61. The van der Waals surface area contributed by atoms with Crippen molar-refractivity contribution >= 4 is 6.16 Å². The van der Waals surface area contributed by atoms with E-state index in [1.807, 2.05) is 12.2 Å². The van der Waals surface area contributed by atoms with Crippen molar-refractivity contribution in [2.45, 2.75) is 59.3 Å². The fourth-order valence-corrected chi connectivity index (χ4v) is 1.92. The zero-order chi connectivity index (χ0) is 14.8. The van der Waals surface area contributed by atoms with Gasteiger partial charge in [0.05, 0.1) is 0 Å². The molecular weight excluding hydrogens is 252 g/mol. The highest BCUT2D eigenvalue weighted by atomic mass is 16.7. The van der Waals surface area contributed by atoms with Gasteiger partial charge < -0.3 is 9.47 Å². The number of rotatable bonds is 7. The lowest BCUT2D eigenvalue weighted by Gasteiger charge is -2.05. The van der Waals surface area contributed by atoms with Crippen LogP contribution in [0, 0.1) is 0 Å². The van der Waals surface area contributed by atoms with E-state index in [0.717, 1.165) is 44.3 Å². The highest BCUT2D eigenvalue weighted by Gasteiger charge is 2.11. The summed E-state index contributed by atoms with van der Waals surface area (Å²) in [5.74, 6) is 0.746. The molecule has 20 heavy (non-hydrogen) atoms. The Kier molecular flexibility index (Phi) is 7.78. The molecule has 0 aromatic heterocycles. The standard InChI is InChI=1S/C17H26O3/c1-4-14(2)8-7-9-15(3)12-13-19-17(18)20-16-10-5-6-11-16/h8,10,12H,4-7,9,11,13H2,1-3H3/b14-8?,15-12+. The summed E-state index contributed by atoms with van der Waals surface area (Å²) < 4.78 is 10.1. The number of hydrogen-bond acceptors (Lipinski definition) is 3. The maximum atomic E-state index is 11.4. The van der Waals surface area contributed by atoms with Crippen molar-refractivity contribution in [2.24, 2.45) is 0 Å². The smallest absolute Gasteiger partial charge is 0.430 e. The summed E-state index contributed by atoms with van der Waals surface area (Å²) in [5, 5.41) is 0. The SMILES string of the molecule is CCC(C)=CCC/C(C)=C/COC(=O)OC1=CCCC1. The molecule has 0 aromatic carbocycles. The molecule has 3 nitrogen and oxygen atoms in total. The highest BCUT2D eigenvalue weighted by Crippen LogP contribution is 2.18. The van der Waals surface area contributed by atoms with E-state index in [4.69, 9.17) is 9.47 Å². The second-order valence-electron chi connectivity index (χ2n) is 5.22. The molecule has 0 N–H and O–H groups in total. The molecule has 0 radical (unpaired) electrons. The van der Waals surface area contributed by atoms with Crippen LogP contribution < -0.4 is 0 Å². The maximum Gasteiger partial charge on any atom is 0.513 e. The van der Waals surface area contributed by atoms with Crippen LogP contribution in [0.2, 0.25) is 0 Å². The van der Waals surface area contributed by atoms with Crippen molar-refractivity contribution in [2.75, 3.05) is 6.61 Å². The zero-order valence-electron chi connectivity index (χ0n) is 12.9. The predicted octanol–water partition coefficient (Wildman–Crippen LogP) is 5.29. The normalized spacial score (nSPS) is 16.1. The van der Waals surface area contributed by atoms with Crippen molar-refractivity contribution < 1.29 is 14.3 Å². The number of ether oxygens (including phenoxy) is 2. The molecule has 1 aliphatic rings. The van der Waals surface area contributed by atoms with E-state index in [1.165, 1.54) is 11.1 Å². The summed E-state index contributed by atoms with van der Waals surface area (Å²) in [7, 11) is 0. The minimum atomic E-state index is -0.594. The van der Waals surface area contributed by atoms with Gasteiger partial charge in [-0.2, -0.15) is 0 Å². The van der Waals surface area contributed by atoms with Crippen molar-refractivity contribution in [1.82, 2.24) is 0 Å². The molecule has 0 fully saturated rings. The van der Waals surface area contributed by atoms with E-state index >= 15 is 0 Å². The Morgan fingerprint density at radius 3 is 2.75 bits per heavy atom. The molecule has 0 saturated carbocycles. The van der Waals surface area contributed by atoms with E-state index in [0.29, 0.717) is 0 Å². The Morgan fingerprint density at radius 1 is 1.30 bits per heavy atom. The van der Waals surface area contributed by atoms with Crippen molar-refractivity contribution in [3.63, 3.8) is 0 Å². The lowest BCUT2D eigenvalue weighted by molar-refractivity contribution is 0.0849. The molecule has 0 aromatic rings. The average molecular weight is 278 g/mol. The van der Waals surface area contributed by atoms with Crippen LogP contribution in [-0.4, -0.2) is 12.8 Å². The third kappa shape index (κ3) is 7.17. The van der Waals surface area contributed by atoms with Crippen LogP contribution in [0.5, 0.6) is 0 Å². The van der Waals surface area contributed by atoms with Gasteiger partial charge in [-0.25, -0.2) is 4.79 Å². The highest BCUT2D eigenvalue weighted by molar-refractivity contribution is 5.61. The Balaban J connectivity index is 2.17. The molecule has 0 heterocycles. The molecule has 0 unspecified atom stereocenters. The molecule has 0 bridgehead atoms. The van der Waals surface area contributed by atoms with E-state index in [9.17, 15) is 4.79 Å². The van der Waals surface area contributed by atoms with Gasteiger partial charge in [0.25, 0.3) is 0 Å². The Hall–Kier alpha value is -1.51. The van der Waals surface area contributed by atoms with Crippen LogP contribution in [0.25, 0.3) is 0 Å². The lowest BCUT2D eigenvalue weighted by Crippen LogP contribution is -2.06. The Morgan fingerprint density at radius 2 is 2.10 bits per heavy atom. The van der Waals surface area contributed by atoms with E-state index in [-0.39, 0.29) is 6.61 Å². The number of carbonyl (C=O) groups is 1. The summed E-state index contributed by atoms with van der Waals surface area (Å²) in [5.41, 5.74) is 2.65. The van der Waals surface area contributed by atoms with E-state index < -0.39 is 6.16 Å². The third-order valence-electron chi connectivity index (χ3n) is 3.44. The topological polar surface area (TPSA) is 35.5 Å². The number of allylic oxidation sites excluding steroid dienone is 5. The van der Waals surface area contributed by atoms with Crippen LogP contribution in [-0.2, 0) is 9.47 Å². The summed E-state index contributed by atoms with van der Waals surface area (Å²) >= 11 is 0. The molecule has 3 heteroatoms. The van der Waals surface area contributed by atoms with Crippen LogP contribution in [0.1, 0.15) is 59.3 Å². The summed E-state index contributed by atoms with van der Waals surface area (Å²) in [6.07, 6.45) is 11.6. The maximum absolute atomic E-state index is 11.4. The van der Waals surface area contributed by atoms with Gasteiger partial charge in [-0.05, 0) is 58.1 Å². The first-order valence-electron chi connectivity index (χ1n) is 7.46. The number of hydrogen-bond donors (Lipinski definition) is 0. The Labute approximate surface area is 122 Å². The zero-order valence-corrected chi connectivity index (χ0v) is 12.9. The van der Waals surface area contributed by atoms with E-state index in [2.05, 4.69) is 26.8 Å². The number of carbonyl (C=O) groups excluding carboxylic acids is 1. The molecule has 0 saturated heterocycles. The van der Waals surface area contributed by atoms with Crippen LogP contribution >= 0.6 is 0 Å². The van der Waals surface area contributed by atoms with Crippen LogP contribution in [0.3, 0.4) is 0 Å². The van der Waals surface area contributed by atoms with Gasteiger partial charge in [0.2, 0.25) is 0 Å². The second-order valence-corrected chi connectivity index (χ2v) is 5.22. The molecular formula is C17H26O3. The minimum absolute atomic E-state index is 0.286. The van der Waals surface area contributed by atoms with Crippen LogP contribution in [0.15, 0.2) is 35.1 Å². The molecule has 0 spiro atoms. The van der Waals surface area contributed by atoms with Gasteiger partial charge in [0.1, 0.15) is 12.4 Å². The molecule has 0 amide bonds. The van der Waals surface area contributed by atoms with Gasteiger partial charge in [-0.15, -0.1) is 0 Å². The monoisotopic (exact) mass is 278 g/mol. The lowest BCUT2D eigenvalue weighted by atomic mass is 10.1. The van der Waals surface area contributed by atoms with E-state index in [1.54, 1.807) is 0 Å². The molecule has 1 rings (SSSR count). The van der Waals surface area contributed by atoms with Gasteiger partial charge in [-0.3, -0.25) is 0 Å². The second kappa shape index (κ2) is 9.40. The van der Waals surface area contributed by atoms with Gasteiger partial charge in [0, 0.05) is 6.42 Å². The fraction of sp³-hybridized carbons (Fsp3) is 0.588. The van der Waals surface area contributed by atoms with Crippen molar-refractivity contribution in [1.29, 1.82) is 0 Å². The largest absolute Gasteiger partial charge is 0.513 e. The van der Waals surface area contributed by atoms with Gasteiger partial charge in [-0.1, -0.05) is 24.1 Å². The third-order valence-corrected chi connectivity index (χ3v) is 3.44. The quantitative estimate of drug-likeness (QED) is 0.469. The summed E-state index contributed by atoms with van der Waals surface area (Å²) in [6.45, 7) is 6.65. The van der Waals surface area contributed by atoms with Crippen molar-refractivity contribution in [3.8, 4) is 0 Å². The molecule has 0 aliphatic heterocycles. The minimum Gasteiger partial charge on any atom is -0.430 e. The molecule has 112 valence electrons. The van der Waals surface area contributed by atoms with Crippen molar-refractivity contribution in [3.05, 3.63) is 35.1 Å². The average Bonchev–Trinajstić information content (AvgIpc) is 2.91. The first kappa shape index (κ1) is 16.5. The van der Waals surface area contributed by atoms with Gasteiger partial charge >= 0.3 is 6.16 Å². The summed E-state index contributed by atoms with van der Waals surface area (Å²) in [4.78, 5) is 11.4. The van der Waals surface area contributed by atoms with Crippen LogP contribution in [0.4, 0.5) is 4.79 Å². The summed E-state index contributed by atoms with van der Waals surface area (Å²) in [6, 6.07) is 0. The Bertz CT molecular complexity index is 402.